The summed E-state index contributed by atoms with van der Waals surface area (Å²) in [5.41, 5.74) is 3.99. The second-order valence-corrected chi connectivity index (χ2v) is 6.64. The fourth-order valence-corrected chi connectivity index (χ4v) is 2.92. The Morgan fingerprint density at radius 1 is 1.00 bits per heavy atom. The molecule has 29 heavy (non-hydrogen) atoms. The third-order valence-corrected chi connectivity index (χ3v) is 4.46. The molecule has 1 N–H and O–H groups in total. The zero-order valence-corrected chi connectivity index (χ0v) is 16.0. The fourth-order valence-electron chi connectivity index (χ4n) is 2.92. The molecule has 0 saturated carbocycles. The molecule has 0 radical (unpaired) electrons. The average molecular weight is 384 g/mol. The van der Waals surface area contributed by atoms with Crippen LogP contribution in [0.4, 0.5) is 0 Å². The van der Waals surface area contributed by atoms with E-state index in [2.05, 4.69) is 22.7 Å². The van der Waals surface area contributed by atoms with E-state index in [4.69, 9.17) is 9.15 Å². The van der Waals surface area contributed by atoms with Crippen molar-refractivity contribution in [3.8, 4) is 5.75 Å². The number of carbonyl (C=O) groups excluding carboxylic acids is 1. The van der Waals surface area contributed by atoms with Crippen LogP contribution in [0.1, 0.15) is 27.4 Å². The zero-order valence-electron chi connectivity index (χ0n) is 16.0. The van der Waals surface area contributed by atoms with Crippen LogP contribution in [0.3, 0.4) is 0 Å². The first kappa shape index (κ1) is 18.5. The van der Waals surface area contributed by atoms with Crippen molar-refractivity contribution < 1.29 is 13.9 Å². The highest BCUT2D eigenvalue weighted by Gasteiger charge is 2.05. The van der Waals surface area contributed by atoms with Crippen molar-refractivity contribution in [2.24, 2.45) is 5.10 Å². The monoisotopic (exact) mass is 384 g/mol. The van der Waals surface area contributed by atoms with Crippen LogP contribution >= 0.6 is 0 Å². The van der Waals surface area contributed by atoms with Gasteiger partial charge in [0.25, 0.3) is 5.91 Å². The number of aryl methyl sites for hydroxylation is 1. The number of fused-ring (bicyclic) bond motifs is 1. The molecule has 4 rings (SSSR count). The van der Waals surface area contributed by atoms with E-state index in [9.17, 15) is 4.79 Å². The molecule has 144 valence electrons. The van der Waals surface area contributed by atoms with Crippen molar-refractivity contribution in [1.82, 2.24) is 5.43 Å². The van der Waals surface area contributed by atoms with E-state index in [1.165, 1.54) is 11.6 Å². The smallest absolute Gasteiger partial charge is 0.271 e. The van der Waals surface area contributed by atoms with Gasteiger partial charge in [-0.2, -0.15) is 5.10 Å². The molecule has 0 spiro atoms. The minimum Gasteiger partial charge on any atom is -0.489 e. The van der Waals surface area contributed by atoms with E-state index >= 15 is 0 Å². The summed E-state index contributed by atoms with van der Waals surface area (Å²) in [6.45, 7) is 2.28. The van der Waals surface area contributed by atoms with Gasteiger partial charge >= 0.3 is 0 Å². The number of carbonyl (C=O) groups is 1. The van der Waals surface area contributed by atoms with Gasteiger partial charge in [0.1, 0.15) is 23.9 Å². The quantitative estimate of drug-likeness (QED) is 0.372. The molecule has 0 bridgehead atoms. The molecule has 0 aliphatic heterocycles. The normalized spacial score (nSPS) is 11.1. The molecular formula is C24H20N2O3. The van der Waals surface area contributed by atoms with Gasteiger partial charge in [0, 0.05) is 5.56 Å². The molecule has 0 fully saturated rings. The van der Waals surface area contributed by atoms with Crippen LogP contribution in [0, 0.1) is 6.92 Å². The number of hydrogen-bond donors (Lipinski definition) is 1. The summed E-state index contributed by atoms with van der Waals surface area (Å²) in [5, 5.41) is 6.23. The molecule has 4 aromatic rings. The van der Waals surface area contributed by atoms with Gasteiger partial charge in [-0.25, -0.2) is 5.43 Å². The molecule has 0 aliphatic rings. The maximum atomic E-state index is 12.2. The van der Waals surface area contributed by atoms with Gasteiger partial charge in [-0.1, -0.05) is 42.5 Å². The molecular weight excluding hydrogens is 364 g/mol. The summed E-state index contributed by atoms with van der Waals surface area (Å²) >= 11 is 0. The number of ether oxygens (including phenoxy) is 1. The third-order valence-electron chi connectivity index (χ3n) is 4.46. The SMILES string of the molecule is Cc1ccc(/C=N\NC(=O)c2ccc(COc3ccc4ccccc4c3)cc2)o1. The van der Waals surface area contributed by atoms with Crippen LogP contribution < -0.4 is 10.2 Å². The second kappa shape index (κ2) is 8.44. The van der Waals surface area contributed by atoms with E-state index < -0.39 is 0 Å². The lowest BCUT2D eigenvalue weighted by molar-refractivity contribution is 0.0955. The molecule has 5 nitrogen and oxygen atoms in total. The highest BCUT2D eigenvalue weighted by atomic mass is 16.5. The van der Waals surface area contributed by atoms with Crippen LogP contribution in [0.25, 0.3) is 10.8 Å². The Morgan fingerprint density at radius 2 is 1.79 bits per heavy atom. The first-order valence-corrected chi connectivity index (χ1v) is 9.28. The zero-order chi connectivity index (χ0) is 20.1. The highest BCUT2D eigenvalue weighted by molar-refractivity contribution is 5.94. The van der Waals surface area contributed by atoms with Crippen LogP contribution in [0.5, 0.6) is 5.75 Å². The average Bonchev–Trinajstić information content (AvgIpc) is 3.17. The molecule has 1 heterocycles. The maximum absolute atomic E-state index is 12.2. The van der Waals surface area contributed by atoms with Crippen molar-refractivity contribution in [3.05, 3.63) is 102 Å². The fraction of sp³-hybridized carbons (Fsp3) is 0.0833. The number of nitrogens with zero attached hydrogens (tertiary/aromatic N) is 1. The van der Waals surface area contributed by atoms with E-state index in [0.29, 0.717) is 17.9 Å². The third kappa shape index (κ3) is 4.71. The van der Waals surface area contributed by atoms with Crippen molar-refractivity contribution in [3.63, 3.8) is 0 Å². The second-order valence-electron chi connectivity index (χ2n) is 6.64. The van der Waals surface area contributed by atoms with E-state index in [1.54, 1.807) is 18.2 Å². The summed E-state index contributed by atoms with van der Waals surface area (Å²) in [6, 6.07) is 25.1. The lowest BCUT2D eigenvalue weighted by Crippen LogP contribution is -2.17. The van der Waals surface area contributed by atoms with Crippen molar-refractivity contribution in [1.29, 1.82) is 0 Å². The number of benzene rings is 3. The maximum Gasteiger partial charge on any atom is 0.271 e. The van der Waals surface area contributed by atoms with Gasteiger partial charge < -0.3 is 9.15 Å². The molecule has 5 heteroatoms. The molecule has 0 unspecified atom stereocenters. The van der Waals surface area contributed by atoms with Gasteiger partial charge in [-0.3, -0.25) is 4.79 Å². The standard InChI is InChI=1S/C24H20N2O3/c1-17-6-12-23(29-17)15-25-26-24(27)20-9-7-18(8-10-20)16-28-22-13-11-19-4-2-3-5-21(19)14-22/h2-15H,16H2,1H3,(H,26,27)/b25-15-. The van der Waals surface area contributed by atoms with Crippen LogP contribution in [-0.2, 0) is 6.61 Å². The number of amides is 1. The molecule has 1 aromatic heterocycles. The predicted octanol–water partition coefficient (Wildman–Crippen LogP) is 5.08. The van der Waals surface area contributed by atoms with Crippen LogP contribution in [-0.4, -0.2) is 12.1 Å². The van der Waals surface area contributed by atoms with E-state index in [0.717, 1.165) is 22.5 Å². The topological polar surface area (TPSA) is 63.8 Å². The Bertz CT molecular complexity index is 1160. The van der Waals surface area contributed by atoms with Crippen LogP contribution in [0.2, 0.25) is 0 Å². The number of rotatable bonds is 6. The van der Waals surface area contributed by atoms with E-state index in [1.807, 2.05) is 55.5 Å². The summed E-state index contributed by atoms with van der Waals surface area (Å²) in [6.07, 6.45) is 1.47. The Hall–Kier alpha value is -3.86. The van der Waals surface area contributed by atoms with Crippen molar-refractivity contribution >= 4 is 22.9 Å². The summed E-state index contributed by atoms with van der Waals surface area (Å²) in [5.74, 6) is 1.91. The molecule has 1 amide bonds. The van der Waals surface area contributed by atoms with Crippen molar-refractivity contribution in [2.75, 3.05) is 0 Å². The summed E-state index contributed by atoms with van der Waals surface area (Å²) in [4.78, 5) is 12.2. The van der Waals surface area contributed by atoms with Crippen molar-refractivity contribution in [2.45, 2.75) is 13.5 Å². The number of furan rings is 1. The first-order chi connectivity index (χ1) is 14.2. The number of hydrogen-bond acceptors (Lipinski definition) is 4. The van der Waals surface area contributed by atoms with Gasteiger partial charge in [-0.15, -0.1) is 0 Å². The Kier molecular flexibility index (Phi) is 5.38. The number of nitrogens with one attached hydrogen (secondary N) is 1. The summed E-state index contributed by atoms with van der Waals surface area (Å²) < 4.78 is 11.2. The number of hydrazone groups is 1. The van der Waals surface area contributed by atoms with Gasteiger partial charge in [-0.05, 0) is 59.7 Å². The van der Waals surface area contributed by atoms with Gasteiger partial charge in [0.2, 0.25) is 0 Å². The molecule has 0 saturated heterocycles. The predicted molar refractivity (Wildman–Crippen MR) is 113 cm³/mol. The minimum atomic E-state index is -0.286. The molecule has 0 aliphatic carbocycles. The van der Waals surface area contributed by atoms with E-state index in [-0.39, 0.29) is 5.91 Å². The first-order valence-electron chi connectivity index (χ1n) is 9.28. The van der Waals surface area contributed by atoms with Crippen LogP contribution in [0.15, 0.2) is 88.4 Å². The Morgan fingerprint density at radius 3 is 2.55 bits per heavy atom. The minimum absolute atomic E-state index is 0.286. The summed E-state index contributed by atoms with van der Waals surface area (Å²) in [7, 11) is 0. The van der Waals surface area contributed by atoms with Gasteiger partial charge in [0.05, 0.1) is 6.21 Å². The lowest BCUT2D eigenvalue weighted by Gasteiger charge is -2.08. The largest absolute Gasteiger partial charge is 0.489 e. The molecule has 0 atom stereocenters. The molecule has 3 aromatic carbocycles. The van der Waals surface area contributed by atoms with Gasteiger partial charge in [0.15, 0.2) is 0 Å². The Labute approximate surface area is 168 Å². The highest BCUT2D eigenvalue weighted by Crippen LogP contribution is 2.21. The lowest BCUT2D eigenvalue weighted by atomic mass is 10.1. The Balaban J connectivity index is 1.33.